The first-order valence-electron chi connectivity index (χ1n) is 7.15. The summed E-state index contributed by atoms with van der Waals surface area (Å²) in [5, 5.41) is 14.3. The molecular weight excluding hydrogens is 284 g/mol. The van der Waals surface area contributed by atoms with E-state index in [1.54, 1.807) is 26.0 Å². The van der Waals surface area contributed by atoms with Gasteiger partial charge in [-0.3, -0.25) is 9.59 Å². The Balaban J connectivity index is 2.78. The average Bonchev–Trinajstić information content (AvgIpc) is 2.44. The highest BCUT2D eigenvalue weighted by molar-refractivity contribution is 5.90. The zero-order valence-corrected chi connectivity index (χ0v) is 13.0. The molecular formula is C16H22N2O4. The molecule has 0 aliphatic carbocycles. The molecule has 0 saturated heterocycles. The van der Waals surface area contributed by atoms with Gasteiger partial charge in [-0.05, 0) is 11.5 Å². The summed E-state index contributed by atoms with van der Waals surface area (Å²) in [6, 6.07) is 7.27. The predicted octanol–water partition coefficient (Wildman–Crippen LogP) is 0.959. The van der Waals surface area contributed by atoms with Gasteiger partial charge in [-0.1, -0.05) is 44.2 Å². The van der Waals surface area contributed by atoms with Crippen molar-refractivity contribution in [2.45, 2.75) is 39.3 Å². The lowest BCUT2D eigenvalue weighted by Crippen LogP contribution is -2.53. The van der Waals surface area contributed by atoms with Gasteiger partial charge in [0, 0.05) is 13.3 Å². The zero-order chi connectivity index (χ0) is 16.7. The van der Waals surface area contributed by atoms with Crippen molar-refractivity contribution in [1.29, 1.82) is 0 Å². The van der Waals surface area contributed by atoms with E-state index in [0.29, 0.717) is 0 Å². The molecule has 0 aliphatic rings. The molecule has 1 aromatic rings. The van der Waals surface area contributed by atoms with Crippen LogP contribution in [0.4, 0.5) is 0 Å². The first kappa shape index (κ1) is 17.7. The van der Waals surface area contributed by atoms with Gasteiger partial charge in [-0.2, -0.15) is 0 Å². The van der Waals surface area contributed by atoms with E-state index in [4.69, 9.17) is 0 Å². The minimum absolute atomic E-state index is 0.143. The third kappa shape index (κ3) is 5.55. The molecule has 2 atom stereocenters. The van der Waals surface area contributed by atoms with Gasteiger partial charge in [-0.15, -0.1) is 0 Å². The van der Waals surface area contributed by atoms with Crippen molar-refractivity contribution in [3.05, 3.63) is 35.9 Å². The third-order valence-electron chi connectivity index (χ3n) is 3.21. The van der Waals surface area contributed by atoms with E-state index in [1.807, 2.05) is 18.2 Å². The summed E-state index contributed by atoms with van der Waals surface area (Å²) in [6.45, 7) is 4.89. The minimum atomic E-state index is -1.11. The normalized spacial score (nSPS) is 13.3. The van der Waals surface area contributed by atoms with Crippen LogP contribution in [-0.4, -0.2) is 35.0 Å². The second-order valence-electron chi connectivity index (χ2n) is 5.51. The molecule has 0 bridgehead atoms. The van der Waals surface area contributed by atoms with Gasteiger partial charge in [-0.25, -0.2) is 4.79 Å². The summed E-state index contributed by atoms with van der Waals surface area (Å²) < 4.78 is 0. The standard InChI is InChI=1S/C16H22N2O4/c1-10(2)14(17-11(3)19)15(20)18-13(16(21)22)9-12-7-5-4-6-8-12/h4-8,10,13-14H,9H2,1-3H3,(H,17,19)(H,18,20)(H,21,22)/t13-,14-/m1/s1. The van der Waals surface area contributed by atoms with Crippen LogP contribution in [0.25, 0.3) is 0 Å². The summed E-state index contributed by atoms with van der Waals surface area (Å²) in [6.07, 6.45) is 0.187. The summed E-state index contributed by atoms with van der Waals surface area (Å²) in [5.41, 5.74) is 0.816. The van der Waals surface area contributed by atoms with Crippen LogP contribution in [0, 0.1) is 5.92 Å². The zero-order valence-electron chi connectivity index (χ0n) is 13.0. The molecule has 1 aromatic carbocycles. The minimum Gasteiger partial charge on any atom is -0.480 e. The van der Waals surface area contributed by atoms with Gasteiger partial charge < -0.3 is 15.7 Å². The van der Waals surface area contributed by atoms with Crippen molar-refractivity contribution < 1.29 is 19.5 Å². The van der Waals surface area contributed by atoms with E-state index in [-0.39, 0.29) is 18.2 Å². The lowest BCUT2D eigenvalue weighted by molar-refractivity contribution is -0.142. The summed E-state index contributed by atoms with van der Waals surface area (Å²) in [7, 11) is 0. The van der Waals surface area contributed by atoms with E-state index >= 15 is 0 Å². The number of amides is 2. The maximum absolute atomic E-state index is 12.2. The monoisotopic (exact) mass is 306 g/mol. The largest absolute Gasteiger partial charge is 0.480 e. The highest BCUT2D eigenvalue weighted by atomic mass is 16.4. The van der Waals surface area contributed by atoms with Crippen molar-refractivity contribution in [2.24, 2.45) is 5.92 Å². The van der Waals surface area contributed by atoms with Crippen molar-refractivity contribution >= 4 is 17.8 Å². The van der Waals surface area contributed by atoms with Crippen LogP contribution < -0.4 is 10.6 Å². The lowest BCUT2D eigenvalue weighted by Gasteiger charge is -2.23. The predicted molar refractivity (Wildman–Crippen MR) is 82.2 cm³/mol. The Kier molecular flexibility index (Phi) is 6.56. The first-order valence-corrected chi connectivity index (χ1v) is 7.15. The topological polar surface area (TPSA) is 95.5 Å². The Morgan fingerprint density at radius 1 is 1.09 bits per heavy atom. The SMILES string of the molecule is CC(=O)N[C@@H](C(=O)N[C@H](Cc1ccccc1)C(=O)O)C(C)C. The van der Waals surface area contributed by atoms with E-state index in [1.165, 1.54) is 6.92 Å². The Morgan fingerprint density at radius 2 is 1.68 bits per heavy atom. The smallest absolute Gasteiger partial charge is 0.326 e. The fourth-order valence-corrected chi connectivity index (χ4v) is 2.07. The van der Waals surface area contributed by atoms with Crippen LogP contribution in [0.15, 0.2) is 30.3 Å². The molecule has 2 amide bonds. The van der Waals surface area contributed by atoms with Gasteiger partial charge in [0.25, 0.3) is 0 Å². The van der Waals surface area contributed by atoms with Crippen LogP contribution in [0.5, 0.6) is 0 Å². The Hall–Kier alpha value is -2.37. The van der Waals surface area contributed by atoms with Crippen LogP contribution in [0.3, 0.4) is 0 Å². The number of carboxylic acids is 1. The summed E-state index contributed by atoms with van der Waals surface area (Å²) in [5.74, 6) is -2.07. The van der Waals surface area contributed by atoms with Crippen molar-refractivity contribution in [1.82, 2.24) is 10.6 Å². The van der Waals surface area contributed by atoms with E-state index in [9.17, 15) is 19.5 Å². The molecule has 0 saturated carbocycles. The molecule has 22 heavy (non-hydrogen) atoms. The first-order chi connectivity index (χ1) is 10.3. The van der Waals surface area contributed by atoms with Crippen molar-refractivity contribution in [3.63, 3.8) is 0 Å². The Bertz CT molecular complexity index is 528. The maximum Gasteiger partial charge on any atom is 0.326 e. The fraction of sp³-hybridized carbons (Fsp3) is 0.438. The molecule has 6 heteroatoms. The van der Waals surface area contributed by atoms with Crippen molar-refractivity contribution in [2.75, 3.05) is 0 Å². The summed E-state index contributed by atoms with van der Waals surface area (Å²) in [4.78, 5) is 34.8. The second-order valence-corrected chi connectivity index (χ2v) is 5.51. The molecule has 120 valence electrons. The molecule has 3 N–H and O–H groups in total. The number of aliphatic carboxylic acids is 1. The van der Waals surface area contributed by atoms with E-state index < -0.39 is 24.0 Å². The molecule has 0 unspecified atom stereocenters. The number of rotatable bonds is 7. The molecule has 0 radical (unpaired) electrons. The van der Waals surface area contributed by atoms with E-state index in [2.05, 4.69) is 10.6 Å². The van der Waals surface area contributed by atoms with Crippen molar-refractivity contribution in [3.8, 4) is 0 Å². The lowest BCUT2D eigenvalue weighted by atomic mass is 10.0. The van der Waals surface area contributed by atoms with E-state index in [0.717, 1.165) is 5.56 Å². The highest BCUT2D eigenvalue weighted by Crippen LogP contribution is 2.06. The van der Waals surface area contributed by atoms with Gasteiger partial charge in [0.1, 0.15) is 12.1 Å². The molecule has 0 aliphatic heterocycles. The highest BCUT2D eigenvalue weighted by Gasteiger charge is 2.27. The average molecular weight is 306 g/mol. The number of carbonyl (C=O) groups excluding carboxylic acids is 2. The number of nitrogens with one attached hydrogen (secondary N) is 2. The number of hydrogen-bond donors (Lipinski definition) is 3. The van der Waals surface area contributed by atoms with Gasteiger partial charge >= 0.3 is 5.97 Å². The Labute approximate surface area is 129 Å². The van der Waals surface area contributed by atoms with Crippen LogP contribution in [0.1, 0.15) is 26.3 Å². The van der Waals surface area contributed by atoms with Crippen LogP contribution in [-0.2, 0) is 20.8 Å². The number of benzene rings is 1. The van der Waals surface area contributed by atoms with Gasteiger partial charge in [0.15, 0.2) is 0 Å². The molecule has 0 spiro atoms. The molecule has 0 heterocycles. The summed E-state index contributed by atoms with van der Waals surface area (Å²) >= 11 is 0. The van der Waals surface area contributed by atoms with Gasteiger partial charge in [0.2, 0.25) is 11.8 Å². The number of carboxylic acid groups (broad SMARTS) is 1. The van der Waals surface area contributed by atoms with Gasteiger partial charge in [0.05, 0.1) is 0 Å². The van der Waals surface area contributed by atoms with Crippen LogP contribution in [0.2, 0.25) is 0 Å². The second kappa shape index (κ2) is 8.17. The fourth-order valence-electron chi connectivity index (χ4n) is 2.07. The maximum atomic E-state index is 12.2. The molecule has 6 nitrogen and oxygen atoms in total. The van der Waals surface area contributed by atoms with Crippen LogP contribution >= 0.6 is 0 Å². The number of hydrogen-bond acceptors (Lipinski definition) is 3. The Morgan fingerprint density at radius 3 is 2.14 bits per heavy atom. The quantitative estimate of drug-likeness (QED) is 0.699. The molecule has 0 aromatic heterocycles. The molecule has 1 rings (SSSR count). The number of carbonyl (C=O) groups is 3. The molecule has 0 fully saturated rings. The third-order valence-corrected chi connectivity index (χ3v) is 3.21.